The van der Waals surface area contributed by atoms with Crippen molar-refractivity contribution in [2.24, 2.45) is 7.05 Å². The normalized spacial score (nSPS) is 13.4. The lowest BCUT2D eigenvalue weighted by molar-refractivity contribution is 0.0651. The second kappa shape index (κ2) is 3.05. The van der Waals surface area contributed by atoms with Gasteiger partial charge in [0.05, 0.1) is 0 Å². The van der Waals surface area contributed by atoms with E-state index in [0.29, 0.717) is 5.82 Å². The van der Waals surface area contributed by atoms with E-state index in [1.807, 2.05) is 11.6 Å². The zero-order valence-electron chi connectivity index (χ0n) is 9.79. The number of hydrogen-bond donors (Lipinski definition) is 1. The summed E-state index contributed by atoms with van der Waals surface area (Å²) in [6.45, 7) is 9.65. The van der Waals surface area contributed by atoms with Crippen LogP contribution >= 0.6 is 0 Å². The molecule has 0 aliphatic carbocycles. The lowest BCUT2D eigenvalue weighted by atomic mass is 9.95. The Morgan fingerprint density at radius 3 is 1.64 bits per heavy atom. The first-order chi connectivity index (χ1) is 6.14. The molecule has 4 heteroatoms. The summed E-state index contributed by atoms with van der Waals surface area (Å²) in [7, 11) is 1.88. The first kappa shape index (κ1) is 11.2. The molecule has 14 heavy (non-hydrogen) atoms. The van der Waals surface area contributed by atoms with Crippen LogP contribution in [0, 0.1) is 0 Å². The van der Waals surface area contributed by atoms with Crippen LogP contribution in [-0.4, -0.2) is 19.9 Å². The van der Waals surface area contributed by atoms with Gasteiger partial charge < -0.3 is 9.67 Å². The van der Waals surface area contributed by atoms with E-state index in [0.717, 1.165) is 5.82 Å². The molecular formula is C10H19N3O. The van der Waals surface area contributed by atoms with Crippen LogP contribution in [0.4, 0.5) is 0 Å². The van der Waals surface area contributed by atoms with Crippen molar-refractivity contribution in [2.45, 2.75) is 45.6 Å². The van der Waals surface area contributed by atoms with Gasteiger partial charge in [0.2, 0.25) is 0 Å². The van der Waals surface area contributed by atoms with E-state index in [9.17, 15) is 5.11 Å². The highest BCUT2D eigenvalue weighted by atomic mass is 16.3. The van der Waals surface area contributed by atoms with Crippen molar-refractivity contribution in [3.05, 3.63) is 11.6 Å². The predicted octanol–water partition coefficient (Wildman–Crippen LogP) is 1.34. The SMILES string of the molecule is Cn1c(C(C)(C)C)nnc1C(C)(C)O. The molecule has 0 amide bonds. The highest BCUT2D eigenvalue weighted by Gasteiger charge is 2.28. The molecule has 1 aromatic heterocycles. The number of rotatable bonds is 1. The third-order valence-corrected chi connectivity index (χ3v) is 2.09. The van der Waals surface area contributed by atoms with E-state index < -0.39 is 5.60 Å². The zero-order valence-corrected chi connectivity index (χ0v) is 9.79. The molecule has 0 fully saturated rings. The molecule has 1 rings (SSSR count). The molecule has 0 aromatic carbocycles. The second-order valence-electron chi connectivity index (χ2n) is 5.22. The smallest absolute Gasteiger partial charge is 0.164 e. The maximum Gasteiger partial charge on any atom is 0.164 e. The first-order valence-corrected chi connectivity index (χ1v) is 4.77. The van der Waals surface area contributed by atoms with Crippen molar-refractivity contribution < 1.29 is 5.11 Å². The molecular weight excluding hydrogens is 178 g/mol. The van der Waals surface area contributed by atoms with Crippen LogP contribution in [0.1, 0.15) is 46.3 Å². The summed E-state index contributed by atoms with van der Waals surface area (Å²) in [6.07, 6.45) is 0. The van der Waals surface area contributed by atoms with Gasteiger partial charge in [0.15, 0.2) is 5.82 Å². The summed E-state index contributed by atoms with van der Waals surface area (Å²) in [5, 5.41) is 17.9. The first-order valence-electron chi connectivity index (χ1n) is 4.77. The van der Waals surface area contributed by atoms with Crippen molar-refractivity contribution in [3.8, 4) is 0 Å². The van der Waals surface area contributed by atoms with Crippen LogP contribution in [-0.2, 0) is 18.1 Å². The number of hydrogen-bond acceptors (Lipinski definition) is 3. The molecule has 4 nitrogen and oxygen atoms in total. The number of aliphatic hydroxyl groups is 1. The van der Waals surface area contributed by atoms with E-state index in [1.165, 1.54) is 0 Å². The standard InChI is InChI=1S/C10H19N3O/c1-9(2,3)7-11-12-8(13(7)6)10(4,5)14/h14H,1-6H3. The van der Waals surface area contributed by atoms with E-state index in [-0.39, 0.29) is 5.41 Å². The van der Waals surface area contributed by atoms with E-state index in [4.69, 9.17) is 0 Å². The summed E-state index contributed by atoms with van der Waals surface area (Å²) >= 11 is 0. The molecule has 0 atom stereocenters. The third-order valence-electron chi connectivity index (χ3n) is 2.09. The van der Waals surface area contributed by atoms with Gasteiger partial charge in [-0.25, -0.2) is 0 Å². The van der Waals surface area contributed by atoms with E-state index >= 15 is 0 Å². The van der Waals surface area contributed by atoms with Gasteiger partial charge in [-0.15, -0.1) is 10.2 Å². The summed E-state index contributed by atoms with van der Waals surface area (Å²) in [6, 6.07) is 0. The van der Waals surface area contributed by atoms with E-state index in [1.54, 1.807) is 13.8 Å². The average Bonchev–Trinajstić information content (AvgIpc) is 2.26. The monoisotopic (exact) mass is 197 g/mol. The van der Waals surface area contributed by atoms with Gasteiger partial charge in [-0.3, -0.25) is 0 Å². The van der Waals surface area contributed by atoms with Crippen LogP contribution in [0.2, 0.25) is 0 Å². The molecule has 0 spiro atoms. The maximum atomic E-state index is 9.83. The number of aromatic nitrogens is 3. The molecule has 0 saturated heterocycles. The van der Waals surface area contributed by atoms with Crippen LogP contribution in [0.15, 0.2) is 0 Å². The van der Waals surface area contributed by atoms with Gasteiger partial charge in [-0.1, -0.05) is 20.8 Å². The lowest BCUT2D eigenvalue weighted by Crippen LogP contribution is -2.24. The van der Waals surface area contributed by atoms with Crippen molar-refractivity contribution in [1.82, 2.24) is 14.8 Å². The fourth-order valence-electron chi connectivity index (χ4n) is 1.52. The highest BCUT2D eigenvalue weighted by molar-refractivity contribution is 5.08. The molecule has 0 saturated carbocycles. The minimum Gasteiger partial charge on any atom is -0.382 e. The minimum absolute atomic E-state index is 0.0503. The summed E-state index contributed by atoms with van der Waals surface area (Å²) < 4.78 is 1.86. The Hall–Kier alpha value is -0.900. The predicted molar refractivity (Wildman–Crippen MR) is 54.9 cm³/mol. The molecule has 0 aliphatic heterocycles. The molecule has 80 valence electrons. The van der Waals surface area contributed by atoms with Gasteiger partial charge >= 0.3 is 0 Å². The molecule has 1 N–H and O–H groups in total. The molecule has 0 bridgehead atoms. The summed E-state index contributed by atoms with van der Waals surface area (Å²) in [5.74, 6) is 1.48. The van der Waals surface area contributed by atoms with Gasteiger partial charge in [0.1, 0.15) is 11.4 Å². The molecule has 1 heterocycles. The van der Waals surface area contributed by atoms with Crippen molar-refractivity contribution in [1.29, 1.82) is 0 Å². The van der Waals surface area contributed by atoms with Gasteiger partial charge in [-0.05, 0) is 13.8 Å². The average molecular weight is 197 g/mol. The largest absolute Gasteiger partial charge is 0.382 e. The van der Waals surface area contributed by atoms with E-state index in [2.05, 4.69) is 31.0 Å². The Morgan fingerprint density at radius 1 is 1.00 bits per heavy atom. The molecule has 0 radical (unpaired) electrons. The van der Waals surface area contributed by atoms with Gasteiger partial charge in [0.25, 0.3) is 0 Å². The van der Waals surface area contributed by atoms with Crippen molar-refractivity contribution in [2.75, 3.05) is 0 Å². The minimum atomic E-state index is -0.939. The van der Waals surface area contributed by atoms with Gasteiger partial charge in [0, 0.05) is 12.5 Å². The van der Waals surface area contributed by atoms with Crippen molar-refractivity contribution >= 4 is 0 Å². The third kappa shape index (κ3) is 1.95. The Morgan fingerprint density at radius 2 is 1.43 bits per heavy atom. The Bertz CT molecular complexity index is 297. The zero-order chi connectivity index (χ0) is 11.1. The van der Waals surface area contributed by atoms with Crippen LogP contribution in [0.25, 0.3) is 0 Å². The summed E-state index contributed by atoms with van der Waals surface area (Å²) in [5.41, 5.74) is -0.990. The van der Waals surface area contributed by atoms with Crippen LogP contribution in [0.3, 0.4) is 0 Å². The fraction of sp³-hybridized carbons (Fsp3) is 0.800. The molecule has 0 aliphatic rings. The van der Waals surface area contributed by atoms with Crippen LogP contribution < -0.4 is 0 Å². The van der Waals surface area contributed by atoms with Crippen molar-refractivity contribution in [3.63, 3.8) is 0 Å². The lowest BCUT2D eigenvalue weighted by Gasteiger charge is -2.20. The summed E-state index contributed by atoms with van der Waals surface area (Å²) in [4.78, 5) is 0. The fourth-order valence-corrected chi connectivity index (χ4v) is 1.52. The second-order valence-corrected chi connectivity index (χ2v) is 5.22. The quantitative estimate of drug-likeness (QED) is 0.739. The highest BCUT2D eigenvalue weighted by Crippen LogP contribution is 2.24. The Balaban J connectivity index is 3.23. The molecule has 1 aromatic rings. The maximum absolute atomic E-state index is 9.83. The topological polar surface area (TPSA) is 50.9 Å². The van der Waals surface area contributed by atoms with Crippen LogP contribution in [0.5, 0.6) is 0 Å². The number of nitrogens with zero attached hydrogens (tertiary/aromatic N) is 3. The Labute approximate surface area is 85.0 Å². The molecule has 0 unspecified atom stereocenters. The van der Waals surface area contributed by atoms with Gasteiger partial charge in [-0.2, -0.15) is 0 Å². The Kier molecular flexibility index (Phi) is 2.44.